The number of halogens is 1. The summed E-state index contributed by atoms with van der Waals surface area (Å²) in [7, 11) is 0. The molecule has 0 radical (unpaired) electrons. The highest BCUT2D eigenvalue weighted by Crippen LogP contribution is 2.23. The van der Waals surface area contributed by atoms with Gasteiger partial charge in [-0.2, -0.15) is 5.26 Å². The highest BCUT2D eigenvalue weighted by atomic mass is 19.1. The lowest BCUT2D eigenvalue weighted by molar-refractivity contribution is 0.327. The molecule has 0 atom stereocenters. The van der Waals surface area contributed by atoms with Crippen LogP contribution in [0.4, 0.5) is 4.39 Å². The van der Waals surface area contributed by atoms with Crippen molar-refractivity contribution >= 4 is 21.9 Å². The maximum absolute atomic E-state index is 12.5. The van der Waals surface area contributed by atoms with E-state index in [1.54, 1.807) is 30.5 Å². The van der Waals surface area contributed by atoms with Gasteiger partial charge >= 0.3 is 0 Å². The number of benzene rings is 1. The maximum Gasteiger partial charge on any atom is 0.167 e. The molecule has 3 aromatic heterocycles. The van der Waals surface area contributed by atoms with Gasteiger partial charge in [-0.25, -0.2) is 9.37 Å². The van der Waals surface area contributed by atoms with Gasteiger partial charge in [0.1, 0.15) is 18.0 Å². The molecule has 0 amide bonds. The van der Waals surface area contributed by atoms with Crippen molar-refractivity contribution in [2.24, 2.45) is 0 Å². The second-order valence-corrected chi connectivity index (χ2v) is 5.14. The van der Waals surface area contributed by atoms with Crippen molar-refractivity contribution in [2.45, 2.75) is 13.1 Å². The molecular formula is C16H10FN5O. The number of nitriles is 1. The molecule has 4 aromatic rings. The van der Waals surface area contributed by atoms with Crippen LogP contribution in [0.25, 0.3) is 21.9 Å². The van der Waals surface area contributed by atoms with Gasteiger partial charge in [0.2, 0.25) is 0 Å². The topological polar surface area (TPSA) is 91.4 Å². The summed E-state index contributed by atoms with van der Waals surface area (Å²) in [5.74, 6) is 0.872. The summed E-state index contributed by atoms with van der Waals surface area (Å²) in [5, 5.41) is 13.7. The first-order valence-corrected chi connectivity index (χ1v) is 6.94. The minimum absolute atomic E-state index is 0.196. The average Bonchev–Trinajstić information content (AvgIpc) is 3.20. The first-order chi connectivity index (χ1) is 11.3. The van der Waals surface area contributed by atoms with Gasteiger partial charge in [0.25, 0.3) is 0 Å². The number of fused-ring (bicyclic) bond motifs is 3. The van der Waals surface area contributed by atoms with E-state index in [-0.39, 0.29) is 5.76 Å². The molecule has 0 unspecified atom stereocenters. The normalized spacial score (nSPS) is 11.1. The number of pyridine rings is 1. The molecule has 0 bridgehead atoms. The average molecular weight is 307 g/mol. The third-order valence-corrected chi connectivity index (χ3v) is 3.59. The Morgan fingerprint density at radius 1 is 1.26 bits per heavy atom. The Kier molecular flexibility index (Phi) is 3.01. The molecule has 0 aliphatic carbocycles. The minimum atomic E-state index is -0.682. The van der Waals surface area contributed by atoms with Crippen molar-refractivity contribution in [1.82, 2.24) is 20.1 Å². The summed E-state index contributed by atoms with van der Waals surface area (Å²) >= 11 is 0. The summed E-state index contributed by atoms with van der Waals surface area (Å²) in [6.07, 6.45) is 2.08. The van der Waals surface area contributed by atoms with Crippen LogP contribution in [0.5, 0.6) is 0 Å². The molecule has 0 aliphatic heterocycles. The van der Waals surface area contributed by atoms with Crippen molar-refractivity contribution in [3.8, 4) is 6.07 Å². The number of hydrogen-bond donors (Lipinski definition) is 1. The lowest BCUT2D eigenvalue weighted by Crippen LogP contribution is -1.90. The molecule has 6 nitrogen and oxygen atoms in total. The van der Waals surface area contributed by atoms with Crippen LogP contribution >= 0.6 is 0 Å². The van der Waals surface area contributed by atoms with E-state index in [1.807, 2.05) is 0 Å². The van der Waals surface area contributed by atoms with E-state index in [0.29, 0.717) is 29.0 Å². The monoisotopic (exact) mass is 307 g/mol. The lowest BCUT2D eigenvalue weighted by Gasteiger charge is -1.98. The number of H-pyrrole nitrogens is 1. The smallest absolute Gasteiger partial charge is 0.167 e. The van der Waals surface area contributed by atoms with E-state index in [2.05, 4.69) is 26.2 Å². The number of aromatic nitrogens is 4. The second kappa shape index (κ2) is 5.18. The third-order valence-electron chi connectivity index (χ3n) is 3.59. The number of imidazole rings is 1. The van der Waals surface area contributed by atoms with Gasteiger partial charge in [-0.3, -0.25) is 4.98 Å². The van der Waals surface area contributed by atoms with Crippen LogP contribution in [0.2, 0.25) is 0 Å². The van der Waals surface area contributed by atoms with Crippen LogP contribution in [0, 0.1) is 11.3 Å². The number of hydrogen-bond acceptors (Lipinski definition) is 5. The Balaban J connectivity index is 1.80. The number of nitrogens with one attached hydrogen (secondary N) is 1. The van der Waals surface area contributed by atoms with Crippen LogP contribution in [0.15, 0.2) is 35.0 Å². The fourth-order valence-corrected chi connectivity index (χ4v) is 2.54. The Hall–Kier alpha value is -3.27. The molecule has 4 rings (SSSR count). The fraction of sp³-hybridized carbons (Fsp3) is 0.125. The molecule has 0 fully saturated rings. The fourth-order valence-electron chi connectivity index (χ4n) is 2.54. The van der Waals surface area contributed by atoms with E-state index in [0.717, 1.165) is 16.4 Å². The molecule has 3 heterocycles. The summed E-state index contributed by atoms with van der Waals surface area (Å²) in [6.45, 7) is -0.682. The predicted octanol–water partition coefficient (Wildman–Crippen LogP) is 3.03. The van der Waals surface area contributed by atoms with E-state index in [4.69, 9.17) is 9.78 Å². The Labute approximate surface area is 129 Å². The Bertz CT molecular complexity index is 1060. The number of nitrogens with zero attached hydrogens (tertiary/aromatic N) is 4. The summed E-state index contributed by atoms with van der Waals surface area (Å²) in [4.78, 5) is 12.0. The van der Waals surface area contributed by atoms with E-state index in [1.165, 1.54) is 0 Å². The van der Waals surface area contributed by atoms with E-state index in [9.17, 15) is 4.39 Å². The minimum Gasteiger partial charge on any atom is -0.358 e. The zero-order chi connectivity index (χ0) is 15.8. The zero-order valence-electron chi connectivity index (χ0n) is 11.9. The van der Waals surface area contributed by atoms with Gasteiger partial charge in [0.05, 0.1) is 41.0 Å². The number of alkyl halides is 1. The maximum atomic E-state index is 12.5. The molecule has 0 spiro atoms. The highest BCUT2D eigenvalue weighted by Gasteiger charge is 2.11. The zero-order valence-corrected chi connectivity index (χ0v) is 11.9. The van der Waals surface area contributed by atoms with Crippen LogP contribution in [-0.4, -0.2) is 20.1 Å². The molecule has 0 saturated heterocycles. The second-order valence-electron chi connectivity index (χ2n) is 5.14. The van der Waals surface area contributed by atoms with Gasteiger partial charge in [0.15, 0.2) is 5.76 Å². The van der Waals surface area contributed by atoms with Gasteiger partial charge in [-0.1, -0.05) is 5.16 Å². The van der Waals surface area contributed by atoms with Crippen molar-refractivity contribution in [3.05, 3.63) is 53.3 Å². The standard InChI is InChI=1S/C16H10FN5O/c17-6-11-4-10(22-23-11)5-15-20-14-8-19-13-2-1-9(7-18)3-12(13)16(14)21-15/h1-4,8H,5-6H2,(H,20,21). The summed E-state index contributed by atoms with van der Waals surface area (Å²) in [6, 6.07) is 9.00. The first kappa shape index (κ1) is 13.4. The highest BCUT2D eigenvalue weighted by molar-refractivity contribution is 6.02. The van der Waals surface area contributed by atoms with Crippen molar-refractivity contribution < 1.29 is 8.91 Å². The molecule has 0 aliphatic rings. The molecule has 7 heteroatoms. The Morgan fingerprint density at radius 3 is 2.96 bits per heavy atom. The van der Waals surface area contributed by atoms with Crippen LogP contribution in [-0.2, 0) is 13.1 Å². The number of aromatic amines is 1. The van der Waals surface area contributed by atoms with E-state index >= 15 is 0 Å². The lowest BCUT2D eigenvalue weighted by atomic mass is 10.1. The van der Waals surface area contributed by atoms with Crippen LogP contribution in [0.1, 0.15) is 22.8 Å². The molecule has 1 N–H and O–H groups in total. The first-order valence-electron chi connectivity index (χ1n) is 6.94. The molecule has 1 aromatic carbocycles. The third kappa shape index (κ3) is 2.30. The largest absolute Gasteiger partial charge is 0.358 e. The van der Waals surface area contributed by atoms with Crippen molar-refractivity contribution in [1.29, 1.82) is 5.26 Å². The molecular weight excluding hydrogens is 297 g/mol. The molecule has 0 saturated carbocycles. The van der Waals surface area contributed by atoms with Gasteiger partial charge in [0, 0.05) is 11.5 Å². The van der Waals surface area contributed by atoms with Crippen LogP contribution < -0.4 is 0 Å². The van der Waals surface area contributed by atoms with E-state index < -0.39 is 6.67 Å². The van der Waals surface area contributed by atoms with Gasteiger partial charge < -0.3 is 9.51 Å². The summed E-state index contributed by atoms with van der Waals surface area (Å²) < 4.78 is 17.3. The van der Waals surface area contributed by atoms with Crippen LogP contribution in [0.3, 0.4) is 0 Å². The molecule has 23 heavy (non-hydrogen) atoms. The van der Waals surface area contributed by atoms with Gasteiger partial charge in [-0.15, -0.1) is 0 Å². The van der Waals surface area contributed by atoms with Crippen molar-refractivity contribution in [2.75, 3.05) is 0 Å². The summed E-state index contributed by atoms with van der Waals surface area (Å²) in [5.41, 5.74) is 3.47. The number of rotatable bonds is 3. The van der Waals surface area contributed by atoms with Gasteiger partial charge in [-0.05, 0) is 18.2 Å². The SMILES string of the molecule is N#Cc1ccc2ncc3nc(Cc4cc(CF)on4)[nH]c3c2c1. The van der Waals surface area contributed by atoms with Crippen molar-refractivity contribution in [3.63, 3.8) is 0 Å². The molecule has 112 valence electrons. The predicted molar refractivity (Wildman–Crippen MR) is 80.2 cm³/mol. The quantitative estimate of drug-likeness (QED) is 0.628. The Morgan fingerprint density at radius 2 is 2.17 bits per heavy atom.